The summed E-state index contributed by atoms with van der Waals surface area (Å²) in [5, 5.41) is 20.9. The lowest BCUT2D eigenvalue weighted by molar-refractivity contribution is 0.222. The minimum atomic E-state index is 0.274. The Labute approximate surface area is 81.0 Å². The van der Waals surface area contributed by atoms with E-state index in [-0.39, 0.29) is 6.61 Å². The third-order valence-corrected chi connectivity index (χ3v) is 3.18. The van der Waals surface area contributed by atoms with Gasteiger partial charge in [0.1, 0.15) is 5.51 Å². The Hall–Kier alpha value is -0.680. The van der Waals surface area contributed by atoms with Crippen molar-refractivity contribution < 1.29 is 5.11 Å². The number of aliphatic hydroxyl groups excluding tert-OH is 1. The topological polar surface area (TPSA) is 58.0 Å². The third kappa shape index (κ3) is 1.97. The molecule has 0 radical (unpaired) electrons. The summed E-state index contributed by atoms with van der Waals surface area (Å²) in [6.45, 7) is 0.274. The van der Waals surface area contributed by atoms with Crippen LogP contribution in [0.15, 0.2) is 5.51 Å². The van der Waals surface area contributed by atoms with Gasteiger partial charge in [-0.1, -0.05) is 17.8 Å². The zero-order valence-electron chi connectivity index (χ0n) is 7.31. The second-order valence-corrected chi connectivity index (χ2v) is 4.20. The Kier molecular flexibility index (Phi) is 2.75. The molecule has 0 saturated heterocycles. The average molecular weight is 199 g/mol. The first-order valence-corrected chi connectivity index (χ1v) is 5.41. The van der Waals surface area contributed by atoms with E-state index < -0.39 is 0 Å². The first-order valence-electron chi connectivity index (χ1n) is 4.53. The molecule has 0 spiro atoms. The predicted octanol–water partition coefficient (Wildman–Crippen LogP) is 1.11. The molecule has 2 N–H and O–H groups in total. The van der Waals surface area contributed by atoms with Gasteiger partial charge in [-0.15, -0.1) is 10.2 Å². The van der Waals surface area contributed by atoms with E-state index in [9.17, 15) is 0 Å². The third-order valence-electron chi connectivity index (χ3n) is 2.56. The lowest BCUT2D eigenvalue weighted by Crippen LogP contribution is -2.26. The highest BCUT2D eigenvalue weighted by molar-refractivity contribution is 7.13. The zero-order chi connectivity index (χ0) is 9.10. The Morgan fingerprint density at radius 2 is 2.54 bits per heavy atom. The van der Waals surface area contributed by atoms with Gasteiger partial charge >= 0.3 is 0 Å². The van der Waals surface area contributed by atoms with Crippen LogP contribution in [0.25, 0.3) is 0 Å². The van der Waals surface area contributed by atoms with E-state index in [4.69, 9.17) is 5.11 Å². The van der Waals surface area contributed by atoms with Crippen molar-refractivity contribution in [3.8, 4) is 0 Å². The number of hydrogen-bond acceptors (Lipinski definition) is 5. The van der Waals surface area contributed by atoms with Gasteiger partial charge in [0.2, 0.25) is 5.13 Å². The smallest absolute Gasteiger partial charge is 0.205 e. The van der Waals surface area contributed by atoms with Crippen LogP contribution in [0.4, 0.5) is 5.13 Å². The van der Waals surface area contributed by atoms with Crippen molar-refractivity contribution in [3.05, 3.63) is 5.51 Å². The second kappa shape index (κ2) is 4.02. The molecule has 1 aromatic heterocycles. The monoisotopic (exact) mass is 199 g/mol. The van der Waals surface area contributed by atoms with Crippen molar-refractivity contribution >= 4 is 16.5 Å². The Bertz CT molecular complexity index is 252. The molecule has 1 saturated carbocycles. The second-order valence-electron chi connectivity index (χ2n) is 3.37. The van der Waals surface area contributed by atoms with Gasteiger partial charge in [0.05, 0.1) is 0 Å². The fourth-order valence-electron chi connectivity index (χ4n) is 1.84. The molecule has 2 unspecified atom stereocenters. The SMILES string of the molecule is OCC1CCCC1Nc1nncs1. The fraction of sp³-hybridized carbons (Fsp3) is 0.750. The van der Waals surface area contributed by atoms with E-state index in [2.05, 4.69) is 15.5 Å². The molecular weight excluding hydrogens is 186 g/mol. The first-order chi connectivity index (χ1) is 6.40. The van der Waals surface area contributed by atoms with E-state index in [1.165, 1.54) is 17.8 Å². The molecule has 2 rings (SSSR count). The van der Waals surface area contributed by atoms with Crippen molar-refractivity contribution in [1.82, 2.24) is 10.2 Å². The summed E-state index contributed by atoms with van der Waals surface area (Å²) in [5.74, 6) is 0.392. The normalized spacial score (nSPS) is 27.8. The minimum Gasteiger partial charge on any atom is -0.396 e. The molecule has 1 fully saturated rings. The molecule has 5 heteroatoms. The highest BCUT2D eigenvalue weighted by atomic mass is 32.1. The fourth-order valence-corrected chi connectivity index (χ4v) is 2.35. The lowest BCUT2D eigenvalue weighted by atomic mass is 10.1. The molecule has 0 aromatic carbocycles. The largest absolute Gasteiger partial charge is 0.396 e. The number of hydrogen-bond donors (Lipinski definition) is 2. The predicted molar refractivity (Wildman–Crippen MR) is 51.7 cm³/mol. The van der Waals surface area contributed by atoms with Crippen LogP contribution in [0, 0.1) is 5.92 Å². The molecular formula is C8H13N3OS. The Morgan fingerprint density at radius 3 is 3.23 bits per heavy atom. The number of rotatable bonds is 3. The number of aromatic nitrogens is 2. The van der Waals surface area contributed by atoms with Crippen LogP contribution >= 0.6 is 11.3 Å². The van der Waals surface area contributed by atoms with Gasteiger partial charge in [-0.3, -0.25) is 0 Å². The zero-order valence-corrected chi connectivity index (χ0v) is 8.13. The number of nitrogens with one attached hydrogen (secondary N) is 1. The summed E-state index contributed by atoms with van der Waals surface area (Å²) in [6, 6.07) is 0.387. The van der Waals surface area contributed by atoms with Crippen molar-refractivity contribution in [2.24, 2.45) is 5.92 Å². The summed E-state index contributed by atoms with van der Waals surface area (Å²) in [7, 11) is 0. The van der Waals surface area contributed by atoms with Gasteiger partial charge in [0.25, 0.3) is 0 Å². The van der Waals surface area contributed by atoms with Gasteiger partial charge in [0.15, 0.2) is 0 Å². The van der Waals surface area contributed by atoms with Crippen LogP contribution < -0.4 is 5.32 Å². The number of aliphatic hydroxyl groups is 1. The Morgan fingerprint density at radius 1 is 1.62 bits per heavy atom. The van der Waals surface area contributed by atoms with E-state index >= 15 is 0 Å². The maximum Gasteiger partial charge on any atom is 0.205 e. The molecule has 72 valence electrons. The maximum atomic E-state index is 9.09. The van der Waals surface area contributed by atoms with Crippen LogP contribution in [0.1, 0.15) is 19.3 Å². The number of anilines is 1. The minimum absolute atomic E-state index is 0.274. The van der Waals surface area contributed by atoms with Gasteiger partial charge in [0, 0.05) is 18.6 Å². The molecule has 0 amide bonds. The molecule has 0 bridgehead atoms. The van der Waals surface area contributed by atoms with Crippen LogP contribution in [-0.4, -0.2) is 28.0 Å². The average Bonchev–Trinajstić information content (AvgIpc) is 2.76. The van der Waals surface area contributed by atoms with E-state index in [1.807, 2.05) is 0 Å². The van der Waals surface area contributed by atoms with Crippen LogP contribution in [0.2, 0.25) is 0 Å². The Balaban J connectivity index is 1.94. The van der Waals surface area contributed by atoms with Crippen molar-refractivity contribution in [2.45, 2.75) is 25.3 Å². The summed E-state index contributed by atoms with van der Waals surface area (Å²) < 4.78 is 0. The van der Waals surface area contributed by atoms with Gasteiger partial charge in [-0.2, -0.15) is 0 Å². The molecule has 13 heavy (non-hydrogen) atoms. The van der Waals surface area contributed by atoms with Crippen LogP contribution in [-0.2, 0) is 0 Å². The quantitative estimate of drug-likeness (QED) is 0.765. The highest BCUT2D eigenvalue weighted by Crippen LogP contribution is 2.28. The van der Waals surface area contributed by atoms with Crippen LogP contribution in [0.3, 0.4) is 0 Å². The van der Waals surface area contributed by atoms with Gasteiger partial charge < -0.3 is 10.4 Å². The lowest BCUT2D eigenvalue weighted by Gasteiger charge is -2.17. The molecule has 1 aliphatic carbocycles. The molecule has 4 nitrogen and oxygen atoms in total. The highest BCUT2D eigenvalue weighted by Gasteiger charge is 2.26. The first kappa shape index (κ1) is 8.90. The van der Waals surface area contributed by atoms with Crippen molar-refractivity contribution in [1.29, 1.82) is 0 Å². The van der Waals surface area contributed by atoms with Crippen LogP contribution in [0.5, 0.6) is 0 Å². The van der Waals surface area contributed by atoms with Crippen molar-refractivity contribution in [3.63, 3.8) is 0 Å². The summed E-state index contributed by atoms with van der Waals surface area (Å²) in [5.41, 5.74) is 1.71. The molecule has 1 heterocycles. The molecule has 1 aromatic rings. The van der Waals surface area contributed by atoms with E-state index in [0.29, 0.717) is 12.0 Å². The van der Waals surface area contributed by atoms with Gasteiger partial charge in [-0.05, 0) is 12.8 Å². The van der Waals surface area contributed by atoms with Crippen molar-refractivity contribution in [2.75, 3.05) is 11.9 Å². The standard InChI is InChI=1S/C8H13N3OS/c12-4-6-2-1-3-7(6)10-8-11-9-5-13-8/h5-7,12H,1-4H2,(H,10,11). The molecule has 2 atom stereocenters. The van der Waals surface area contributed by atoms with E-state index in [0.717, 1.165) is 18.0 Å². The summed E-state index contributed by atoms with van der Waals surface area (Å²) in [6.07, 6.45) is 3.44. The summed E-state index contributed by atoms with van der Waals surface area (Å²) >= 11 is 1.51. The molecule has 0 aliphatic heterocycles. The van der Waals surface area contributed by atoms with E-state index in [1.54, 1.807) is 5.51 Å². The van der Waals surface area contributed by atoms with Gasteiger partial charge in [-0.25, -0.2) is 0 Å². The maximum absolute atomic E-state index is 9.09. The molecule has 1 aliphatic rings. The summed E-state index contributed by atoms with van der Waals surface area (Å²) in [4.78, 5) is 0. The number of nitrogens with zero attached hydrogens (tertiary/aromatic N) is 2.